The zero-order valence-corrected chi connectivity index (χ0v) is 14.1. The molecule has 0 amide bonds. The van der Waals surface area contributed by atoms with E-state index >= 15 is 0 Å². The lowest BCUT2D eigenvalue weighted by Crippen LogP contribution is -2.07. The summed E-state index contributed by atoms with van der Waals surface area (Å²) in [5.41, 5.74) is 2.00. The first kappa shape index (κ1) is 15.1. The van der Waals surface area contributed by atoms with Gasteiger partial charge in [0, 0.05) is 4.48 Å². The molecule has 22 heavy (non-hydrogen) atoms. The van der Waals surface area contributed by atoms with E-state index in [0.29, 0.717) is 23.9 Å². The normalized spacial score (nSPS) is 10.8. The molecule has 1 aromatic heterocycles. The van der Waals surface area contributed by atoms with Gasteiger partial charge in [0.2, 0.25) is 0 Å². The van der Waals surface area contributed by atoms with Gasteiger partial charge < -0.3 is 9.30 Å². The van der Waals surface area contributed by atoms with Gasteiger partial charge in [0.1, 0.15) is 18.2 Å². The monoisotopic (exact) mass is 376 g/mol. The first-order valence-corrected chi connectivity index (χ1v) is 7.97. The summed E-state index contributed by atoms with van der Waals surface area (Å²) in [5, 5.41) is 0.593. The van der Waals surface area contributed by atoms with Crippen molar-refractivity contribution in [2.45, 2.75) is 13.2 Å². The lowest BCUT2D eigenvalue weighted by Gasteiger charge is -2.10. The van der Waals surface area contributed by atoms with E-state index < -0.39 is 0 Å². The van der Waals surface area contributed by atoms with Crippen LogP contribution in [0.25, 0.3) is 11.0 Å². The van der Waals surface area contributed by atoms with Crippen LogP contribution in [0, 0.1) is 0 Å². The third-order valence-corrected chi connectivity index (χ3v) is 3.82. The molecular formula is C17H14BrClN2O. The second-order valence-electron chi connectivity index (χ2n) is 4.84. The number of imidazole rings is 1. The van der Waals surface area contributed by atoms with E-state index in [1.165, 1.54) is 0 Å². The van der Waals surface area contributed by atoms with Gasteiger partial charge in [-0.1, -0.05) is 58.4 Å². The Bertz CT molecular complexity index is 828. The Labute approximate surface area is 142 Å². The predicted octanol–water partition coefficient (Wildman–Crippen LogP) is 5.18. The van der Waals surface area contributed by atoms with Gasteiger partial charge in [0.05, 0.1) is 22.6 Å². The van der Waals surface area contributed by atoms with Gasteiger partial charge in [-0.05, 0) is 24.3 Å². The van der Waals surface area contributed by atoms with Crippen molar-refractivity contribution < 1.29 is 4.74 Å². The number of rotatable bonds is 5. The maximum Gasteiger partial charge on any atom is 0.148 e. The first-order chi connectivity index (χ1) is 10.6. The summed E-state index contributed by atoms with van der Waals surface area (Å²) in [6, 6.07) is 15.4. The lowest BCUT2D eigenvalue weighted by atomic mass is 10.3. The maximum atomic E-state index is 6.12. The van der Waals surface area contributed by atoms with Crippen molar-refractivity contribution in [1.29, 1.82) is 0 Å². The molecule has 3 rings (SSSR count). The van der Waals surface area contributed by atoms with Crippen LogP contribution in [0.5, 0.6) is 5.75 Å². The summed E-state index contributed by atoms with van der Waals surface area (Å²) < 4.78 is 8.78. The average molecular weight is 378 g/mol. The number of allylic oxidation sites excluding steroid dienone is 1. The fourth-order valence-electron chi connectivity index (χ4n) is 2.29. The van der Waals surface area contributed by atoms with E-state index in [0.717, 1.165) is 21.3 Å². The fourth-order valence-corrected chi connectivity index (χ4v) is 2.73. The highest BCUT2D eigenvalue weighted by Crippen LogP contribution is 2.25. The third-order valence-electron chi connectivity index (χ3n) is 3.26. The van der Waals surface area contributed by atoms with Crippen LogP contribution in [0.2, 0.25) is 5.02 Å². The van der Waals surface area contributed by atoms with E-state index in [-0.39, 0.29) is 0 Å². The largest absolute Gasteiger partial charge is 0.484 e. The van der Waals surface area contributed by atoms with Crippen LogP contribution in [-0.4, -0.2) is 9.55 Å². The van der Waals surface area contributed by atoms with Crippen LogP contribution in [-0.2, 0) is 13.2 Å². The molecule has 112 valence electrons. The fraction of sp³-hybridized carbons (Fsp3) is 0.118. The molecule has 3 aromatic rings. The van der Waals surface area contributed by atoms with Gasteiger partial charge in [0.25, 0.3) is 0 Å². The smallest absolute Gasteiger partial charge is 0.148 e. The molecular weight excluding hydrogens is 364 g/mol. The molecule has 0 bridgehead atoms. The molecule has 0 radical (unpaired) electrons. The van der Waals surface area contributed by atoms with Crippen molar-refractivity contribution in [3.8, 4) is 5.75 Å². The van der Waals surface area contributed by atoms with E-state index in [2.05, 4.69) is 32.1 Å². The molecule has 1 heterocycles. The van der Waals surface area contributed by atoms with Crippen LogP contribution in [0.4, 0.5) is 0 Å². The SMILES string of the molecule is C=C(Br)Cn1c(COc2ccccc2Cl)nc2ccccc21. The number of hydrogen-bond donors (Lipinski definition) is 0. The van der Waals surface area contributed by atoms with Crippen LogP contribution < -0.4 is 4.74 Å². The van der Waals surface area contributed by atoms with E-state index in [4.69, 9.17) is 16.3 Å². The number of para-hydroxylation sites is 3. The van der Waals surface area contributed by atoms with Crippen molar-refractivity contribution in [3.63, 3.8) is 0 Å². The number of benzene rings is 2. The quantitative estimate of drug-likeness (QED) is 0.613. The second-order valence-corrected chi connectivity index (χ2v) is 6.37. The van der Waals surface area contributed by atoms with Crippen LogP contribution >= 0.6 is 27.5 Å². The average Bonchev–Trinajstić information content (AvgIpc) is 2.84. The van der Waals surface area contributed by atoms with Crippen LogP contribution in [0.15, 0.2) is 59.6 Å². The molecule has 0 unspecified atom stereocenters. The summed E-state index contributed by atoms with van der Waals surface area (Å²) in [7, 11) is 0. The Balaban J connectivity index is 1.92. The van der Waals surface area contributed by atoms with Gasteiger partial charge in [-0.2, -0.15) is 0 Å². The van der Waals surface area contributed by atoms with Crippen molar-refractivity contribution in [1.82, 2.24) is 9.55 Å². The van der Waals surface area contributed by atoms with Gasteiger partial charge in [-0.15, -0.1) is 0 Å². The Morgan fingerprint density at radius 1 is 1.18 bits per heavy atom. The molecule has 0 spiro atoms. The predicted molar refractivity (Wildman–Crippen MR) is 93.6 cm³/mol. The van der Waals surface area contributed by atoms with E-state index in [9.17, 15) is 0 Å². The molecule has 0 saturated carbocycles. The van der Waals surface area contributed by atoms with Crippen LogP contribution in [0.1, 0.15) is 5.82 Å². The molecule has 0 fully saturated rings. The highest BCUT2D eigenvalue weighted by Gasteiger charge is 2.12. The van der Waals surface area contributed by atoms with Crippen molar-refractivity contribution in [2.24, 2.45) is 0 Å². The molecule has 3 nitrogen and oxygen atoms in total. The van der Waals surface area contributed by atoms with E-state index in [1.807, 2.05) is 42.5 Å². The minimum Gasteiger partial charge on any atom is -0.484 e. The Hall–Kier alpha value is -1.78. The molecule has 0 atom stereocenters. The molecule has 0 aliphatic heterocycles. The summed E-state index contributed by atoms with van der Waals surface area (Å²) >= 11 is 9.54. The zero-order chi connectivity index (χ0) is 15.5. The van der Waals surface area contributed by atoms with Gasteiger partial charge in [-0.3, -0.25) is 0 Å². The Morgan fingerprint density at radius 2 is 1.91 bits per heavy atom. The summed E-state index contributed by atoms with van der Waals surface area (Å²) in [5.74, 6) is 1.49. The lowest BCUT2D eigenvalue weighted by molar-refractivity contribution is 0.291. The van der Waals surface area contributed by atoms with E-state index in [1.54, 1.807) is 6.07 Å². The number of hydrogen-bond acceptors (Lipinski definition) is 2. The zero-order valence-electron chi connectivity index (χ0n) is 11.8. The highest BCUT2D eigenvalue weighted by molar-refractivity contribution is 9.11. The van der Waals surface area contributed by atoms with Gasteiger partial charge in [-0.25, -0.2) is 4.98 Å². The summed E-state index contributed by atoms with van der Waals surface area (Å²) in [4.78, 5) is 4.64. The van der Waals surface area contributed by atoms with Gasteiger partial charge >= 0.3 is 0 Å². The maximum absolute atomic E-state index is 6.12. The molecule has 0 saturated heterocycles. The Kier molecular flexibility index (Phi) is 4.50. The van der Waals surface area contributed by atoms with Gasteiger partial charge in [0.15, 0.2) is 0 Å². The number of aromatic nitrogens is 2. The number of ether oxygens (including phenoxy) is 1. The molecule has 0 aliphatic rings. The standard InChI is InChI=1S/C17H14BrClN2O/c1-12(18)10-21-15-8-4-3-7-14(15)20-17(21)11-22-16-9-5-2-6-13(16)19/h2-9H,1,10-11H2. The van der Waals surface area contributed by atoms with Crippen molar-refractivity contribution >= 4 is 38.6 Å². The van der Waals surface area contributed by atoms with Crippen LogP contribution in [0.3, 0.4) is 0 Å². The number of fused-ring (bicyclic) bond motifs is 1. The minimum absolute atomic E-state index is 0.346. The van der Waals surface area contributed by atoms with Crippen molar-refractivity contribution in [2.75, 3.05) is 0 Å². The highest BCUT2D eigenvalue weighted by atomic mass is 79.9. The van der Waals surface area contributed by atoms with Crippen molar-refractivity contribution in [3.05, 3.63) is 70.4 Å². The molecule has 0 N–H and O–H groups in total. The molecule has 5 heteroatoms. The summed E-state index contributed by atoms with van der Waals surface area (Å²) in [6.07, 6.45) is 0. The number of nitrogens with zero attached hydrogens (tertiary/aromatic N) is 2. The number of halogens is 2. The first-order valence-electron chi connectivity index (χ1n) is 6.80. The second kappa shape index (κ2) is 6.55. The topological polar surface area (TPSA) is 27.1 Å². The Morgan fingerprint density at radius 3 is 2.68 bits per heavy atom. The molecule has 0 aliphatic carbocycles. The third kappa shape index (κ3) is 3.18. The summed E-state index contributed by atoms with van der Waals surface area (Å²) in [6.45, 7) is 4.90. The molecule has 2 aromatic carbocycles. The minimum atomic E-state index is 0.346.